The van der Waals surface area contributed by atoms with E-state index in [2.05, 4.69) is 273 Å². The minimum Gasteiger partial charge on any atom is -0.335 e. The molecule has 7 aromatic rings. The molecule has 0 N–H and O–H groups in total. The zero-order chi connectivity index (χ0) is 55.4. The summed E-state index contributed by atoms with van der Waals surface area (Å²) in [7, 11) is 0. The number of hydrogen-bond acceptors (Lipinski definition) is 3. The van der Waals surface area contributed by atoms with Crippen LogP contribution in [0.25, 0.3) is 16.6 Å². The van der Waals surface area contributed by atoms with E-state index in [1.165, 1.54) is 137 Å². The third-order valence-electron chi connectivity index (χ3n) is 20.4. The van der Waals surface area contributed by atoms with Crippen molar-refractivity contribution in [3.05, 3.63) is 189 Å². The van der Waals surface area contributed by atoms with Gasteiger partial charge in [-0.05, 0) is 174 Å². The molecule has 4 aliphatic heterocycles. The van der Waals surface area contributed by atoms with Crippen molar-refractivity contribution in [3.63, 3.8) is 0 Å². The molecule has 2 aliphatic carbocycles. The van der Waals surface area contributed by atoms with Crippen molar-refractivity contribution < 1.29 is 0 Å². The molecule has 0 bridgehead atoms. The first-order chi connectivity index (χ1) is 36.5. The van der Waals surface area contributed by atoms with Crippen LogP contribution >= 0.6 is 0 Å². The predicted molar refractivity (Wildman–Crippen MR) is 336 cm³/mol. The highest BCUT2D eigenvalue weighted by atomic mass is 15.3. The monoisotopic (exact) mass is 1030 g/mol. The molecule has 0 radical (unpaired) electrons. The molecule has 1 saturated carbocycles. The van der Waals surface area contributed by atoms with Gasteiger partial charge in [0, 0.05) is 45.1 Å². The van der Waals surface area contributed by atoms with E-state index in [4.69, 9.17) is 0 Å². The predicted octanol–water partition coefficient (Wildman–Crippen LogP) is 18.7. The molecule has 0 amide bonds. The van der Waals surface area contributed by atoms with Gasteiger partial charge in [-0.1, -0.05) is 209 Å². The fraction of sp³-hybridized carbons (Fsp3) is 0.405. The lowest BCUT2D eigenvalue weighted by molar-refractivity contribution is 0.195. The first-order valence-electron chi connectivity index (χ1n) is 29.6. The zero-order valence-corrected chi connectivity index (χ0v) is 50.4. The second-order valence-electron chi connectivity index (χ2n) is 30.4. The molecule has 1 fully saturated rings. The van der Waals surface area contributed by atoms with Crippen molar-refractivity contribution in [2.75, 3.05) is 14.7 Å². The number of nitrogens with zero attached hydrogens (tertiary/aromatic N) is 3. The Morgan fingerprint density at radius 1 is 0.436 bits per heavy atom. The normalized spacial score (nSPS) is 21.8. The minimum atomic E-state index is -0.494. The van der Waals surface area contributed by atoms with Gasteiger partial charge in [-0.3, -0.25) is 0 Å². The van der Waals surface area contributed by atoms with E-state index in [1.54, 1.807) is 5.56 Å². The maximum Gasteiger partial charge on any atom is 0.252 e. The van der Waals surface area contributed by atoms with Crippen molar-refractivity contribution >= 4 is 62.9 Å². The van der Waals surface area contributed by atoms with Gasteiger partial charge >= 0.3 is 0 Å². The number of anilines is 7. The van der Waals surface area contributed by atoms with Crippen molar-refractivity contribution in [1.82, 2.24) is 0 Å². The molecule has 398 valence electrons. The molecule has 3 nitrogen and oxygen atoms in total. The van der Waals surface area contributed by atoms with Gasteiger partial charge in [0.2, 0.25) is 0 Å². The first-order valence-corrected chi connectivity index (χ1v) is 29.6. The van der Waals surface area contributed by atoms with Crippen LogP contribution in [0.1, 0.15) is 200 Å². The quantitative estimate of drug-likeness (QED) is 0.163. The maximum atomic E-state index is 2.95. The Hall–Kier alpha value is -6.26. The molecule has 4 heteroatoms. The smallest absolute Gasteiger partial charge is 0.252 e. The van der Waals surface area contributed by atoms with Crippen LogP contribution in [-0.2, 0) is 37.9 Å². The molecule has 0 saturated heterocycles. The van der Waals surface area contributed by atoms with E-state index in [-0.39, 0.29) is 44.7 Å². The van der Waals surface area contributed by atoms with Gasteiger partial charge in [-0.25, -0.2) is 0 Å². The highest BCUT2D eigenvalue weighted by molar-refractivity contribution is 7.03. The minimum absolute atomic E-state index is 0.0149. The Labute approximate surface area is 469 Å². The SMILES string of the molecule is CC(C)(C)c1ccc(N(c2ccc(C(C)(C)C)cc2)c2cc3c4c(c2)N2c5c(cc(C(C)(C)C)cc5C5(C)CCCCC25C)B4C2=C4N3c3ccc(C(C)(C)C)cc3-c3ccccc3C4(C)c3ccc(C(C)(C)C)cc32)cc1. The molecule has 78 heavy (non-hydrogen) atoms. The molecule has 0 spiro atoms. The average Bonchev–Trinajstić information content (AvgIpc) is 2.19. The summed E-state index contributed by atoms with van der Waals surface area (Å²) in [6.45, 7) is 43.4. The van der Waals surface area contributed by atoms with Crippen LogP contribution in [-0.4, -0.2) is 12.3 Å². The molecule has 6 aliphatic rings. The molecule has 7 aromatic carbocycles. The van der Waals surface area contributed by atoms with Gasteiger partial charge < -0.3 is 14.7 Å². The van der Waals surface area contributed by atoms with E-state index in [9.17, 15) is 0 Å². The summed E-state index contributed by atoms with van der Waals surface area (Å²) in [6.07, 6.45) is 4.78. The number of benzene rings is 7. The maximum absolute atomic E-state index is 2.95. The summed E-state index contributed by atoms with van der Waals surface area (Å²) in [5.74, 6) is 0. The highest BCUT2D eigenvalue weighted by Gasteiger charge is 2.64. The van der Waals surface area contributed by atoms with E-state index < -0.39 is 5.41 Å². The lowest BCUT2D eigenvalue weighted by atomic mass is 9.32. The van der Waals surface area contributed by atoms with Gasteiger partial charge in [-0.15, -0.1) is 0 Å². The Kier molecular flexibility index (Phi) is 10.6. The highest BCUT2D eigenvalue weighted by Crippen LogP contribution is 2.67. The Morgan fingerprint density at radius 3 is 1.54 bits per heavy atom. The van der Waals surface area contributed by atoms with Crippen molar-refractivity contribution in [3.8, 4) is 11.1 Å². The van der Waals surface area contributed by atoms with Crippen molar-refractivity contribution in [2.24, 2.45) is 0 Å². The number of rotatable bonds is 3. The van der Waals surface area contributed by atoms with E-state index in [0.717, 1.165) is 6.42 Å². The van der Waals surface area contributed by atoms with Crippen molar-refractivity contribution in [2.45, 2.75) is 194 Å². The average molecular weight is 1030 g/mol. The van der Waals surface area contributed by atoms with E-state index in [0.29, 0.717) is 0 Å². The summed E-state index contributed by atoms with van der Waals surface area (Å²) in [6, 6.07) is 54.3. The number of allylic oxidation sites excluding steroid dienone is 1. The fourth-order valence-corrected chi connectivity index (χ4v) is 15.5. The second-order valence-corrected chi connectivity index (χ2v) is 30.4. The van der Waals surface area contributed by atoms with Crippen LogP contribution in [0.2, 0.25) is 0 Å². The largest absolute Gasteiger partial charge is 0.335 e. The number of fused-ring (bicyclic) bond motifs is 15. The Balaban J connectivity index is 1.22. The third kappa shape index (κ3) is 7.02. The molecule has 0 aromatic heterocycles. The number of hydrogen-bond donors (Lipinski definition) is 0. The van der Waals surface area contributed by atoms with Crippen LogP contribution in [0.15, 0.2) is 139 Å². The molecular formula is C74H84BN3. The van der Waals surface area contributed by atoms with E-state index >= 15 is 0 Å². The summed E-state index contributed by atoms with van der Waals surface area (Å²) >= 11 is 0. The summed E-state index contributed by atoms with van der Waals surface area (Å²) in [4.78, 5) is 8.36. The Morgan fingerprint density at radius 2 is 0.949 bits per heavy atom. The second kappa shape index (κ2) is 16.2. The van der Waals surface area contributed by atoms with Crippen LogP contribution in [0.4, 0.5) is 39.8 Å². The molecule has 3 atom stereocenters. The van der Waals surface area contributed by atoms with Crippen molar-refractivity contribution in [1.29, 1.82) is 0 Å². The van der Waals surface area contributed by atoms with E-state index in [1.807, 2.05) is 0 Å². The fourth-order valence-electron chi connectivity index (χ4n) is 15.5. The zero-order valence-electron chi connectivity index (χ0n) is 50.4. The summed E-state index contributed by atoms with van der Waals surface area (Å²) in [5, 5.41) is 0. The van der Waals surface area contributed by atoms with Crippen LogP contribution in [0.5, 0.6) is 0 Å². The topological polar surface area (TPSA) is 9.72 Å². The lowest BCUT2D eigenvalue weighted by Gasteiger charge is -2.53. The molecular weight excluding hydrogens is 942 g/mol. The van der Waals surface area contributed by atoms with Crippen LogP contribution < -0.4 is 25.6 Å². The third-order valence-corrected chi connectivity index (χ3v) is 20.4. The van der Waals surface area contributed by atoms with Gasteiger partial charge in [0.15, 0.2) is 0 Å². The first kappa shape index (κ1) is 51.2. The summed E-state index contributed by atoms with van der Waals surface area (Å²) in [5.41, 5.74) is 29.2. The molecule has 13 rings (SSSR count). The van der Waals surface area contributed by atoms with Gasteiger partial charge in [0.25, 0.3) is 6.71 Å². The van der Waals surface area contributed by atoms with Gasteiger partial charge in [0.05, 0.1) is 22.3 Å². The summed E-state index contributed by atoms with van der Waals surface area (Å²) < 4.78 is 0. The van der Waals surface area contributed by atoms with Gasteiger partial charge in [-0.2, -0.15) is 0 Å². The lowest BCUT2D eigenvalue weighted by Crippen LogP contribution is -2.61. The molecule has 4 heterocycles. The standard InChI is InChI=1S/C74H84BN3/c1-67(2,3)45-25-31-50(32-26-45)76(51-33-27-46(28-34-51)68(4,5)6)52-43-61-64-62(44-52)78-65-58(72(16)37-21-22-38-73(72,78)17)41-49(71(13,14)15)42-59(65)75(64)63-55-40-47(69(7,8)9)29-35-57(55)74(18)56-24-20-19-23-53(56)54-39-48(70(10,11)12)30-36-60(54)77(61)66(63)74/h19-20,23-36,39-44H,21-22,37-38H2,1-18H3. The van der Waals surface area contributed by atoms with Crippen LogP contribution in [0.3, 0.4) is 0 Å². The van der Waals surface area contributed by atoms with Gasteiger partial charge in [0.1, 0.15) is 0 Å². The van der Waals surface area contributed by atoms with Crippen LogP contribution in [0, 0.1) is 0 Å². The Bertz CT molecular complexity index is 3650. The molecule has 3 unspecified atom stereocenters.